The van der Waals surface area contributed by atoms with Crippen LogP contribution in [0.25, 0.3) is 10.9 Å². The molecule has 0 aliphatic heterocycles. The number of nitrogens with one attached hydrogen (secondary N) is 1. The number of rotatable bonds is 6. The van der Waals surface area contributed by atoms with Crippen LogP contribution in [0.1, 0.15) is 24.8 Å². The van der Waals surface area contributed by atoms with E-state index in [4.69, 9.17) is 0 Å². The number of amides is 1. The lowest BCUT2D eigenvalue weighted by Gasteiger charge is -2.04. The summed E-state index contributed by atoms with van der Waals surface area (Å²) in [6.45, 7) is 1.88. The SMILES string of the molecule is CCCCc1nnc(NC(=O)Cn2nnc3ccccc3c2=O)s1. The zero-order valence-corrected chi connectivity index (χ0v) is 13.9. The summed E-state index contributed by atoms with van der Waals surface area (Å²) < 4.78 is 1.04. The van der Waals surface area contributed by atoms with E-state index in [9.17, 15) is 9.59 Å². The van der Waals surface area contributed by atoms with Crippen LogP contribution in [0, 0.1) is 0 Å². The van der Waals surface area contributed by atoms with Crippen molar-refractivity contribution in [1.82, 2.24) is 25.2 Å². The highest BCUT2D eigenvalue weighted by atomic mass is 32.1. The Labute approximate surface area is 141 Å². The molecule has 0 saturated heterocycles. The van der Waals surface area contributed by atoms with Crippen LogP contribution in [0.5, 0.6) is 0 Å². The molecule has 0 unspecified atom stereocenters. The second kappa shape index (κ2) is 7.26. The van der Waals surface area contributed by atoms with Gasteiger partial charge in [-0.1, -0.05) is 42.0 Å². The first-order chi connectivity index (χ1) is 11.7. The first-order valence-electron chi connectivity index (χ1n) is 7.62. The number of carbonyl (C=O) groups excluding carboxylic acids is 1. The molecule has 8 nitrogen and oxygen atoms in total. The second-order valence-electron chi connectivity index (χ2n) is 5.22. The number of nitrogens with zero attached hydrogens (tertiary/aromatic N) is 5. The molecule has 9 heteroatoms. The molecular weight excluding hydrogens is 328 g/mol. The van der Waals surface area contributed by atoms with Gasteiger partial charge >= 0.3 is 0 Å². The first kappa shape index (κ1) is 16.2. The molecule has 0 fully saturated rings. The second-order valence-corrected chi connectivity index (χ2v) is 6.28. The summed E-state index contributed by atoms with van der Waals surface area (Å²) >= 11 is 1.34. The molecule has 0 aliphatic rings. The number of aromatic nitrogens is 5. The fourth-order valence-corrected chi connectivity index (χ4v) is 2.95. The molecule has 0 bridgehead atoms. The van der Waals surface area contributed by atoms with Gasteiger partial charge in [-0.25, -0.2) is 4.68 Å². The van der Waals surface area contributed by atoms with E-state index in [-0.39, 0.29) is 18.0 Å². The van der Waals surface area contributed by atoms with Gasteiger partial charge in [0, 0.05) is 6.42 Å². The molecule has 0 saturated carbocycles. The maximum absolute atomic E-state index is 12.3. The van der Waals surface area contributed by atoms with Crippen LogP contribution in [0.15, 0.2) is 29.1 Å². The first-order valence-corrected chi connectivity index (χ1v) is 8.44. The van der Waals surface area contributed by atoms with Crippen molar-refractivity contribution in [2.45, 2.75) is 32.7 Å². The van der Waals surface area contributed by atoms with Gasteiger partial charge in [0.2, 0.25) is 11.0 Å². The summed E-state index contributed by atoms with van der Waals surface area (Å²) in [7, 11) is 0. The molecule has 2 aromatic heterocycles. The average molecular weight is 344 g/mol. The van der Waals surface area contributed by atoms with E-state index in [2.05, 4.69) is 32.7 Å². The average Bonchev–Trinajstić information content (AvgIpc) is 3.03. The predicted octanol–water partition coefficient (Wildman–Crippen LogP) is 1.62. The lowest BCUT2D eigenvalue weighted by atomic mass is 10.2. The quantitative estimate of drug-likeness (QED) is 0.729. The van der Waals surface area contributed by atoms with Crippen LogP contribution >= 0.6 is 11.3 Å². The number of aryl methyl sites for hydroxylation is 1. The Hall–Kier alpha value is -2.68. The summed E-state index contributed by atoms with van der Waals surface area (Å²) in [6.07, 6.45) is 2.95. The zero-order valence-electron chi connectivity index (χ0n) is 13.1. The summed E-state index contributed by atoms with van der Waals surface area (Å²) in [5, 5.41) is 20.1. The van der Waals surface area contributed by atoms with Gasteiger partial charge in [0.25, 0.3) is 5.56 Å². The minimum Gasteiger partial charge on any atom is -0.299 e. The van der Waals surface area contributed by atoms with E-state index in [1.807, 2.05) is 0 Å². The number of unbranched alkanes of at least 4 members (excludes halogenated alkanes) is 1. The Balaban J connectivity index is 1.70. The van der Waals surface area contributed by atoms with Crippen LogP contribution in [0.2, 0.25) is 0 Å². The van der Waals surface area contributed by atoms with E-state index in [1.165, 1.54) is 11.3 Å². The van der Waals surface area contributed by atoms with Crippen molar-refractivity contribution in [2.75, 3.05) is 5.32 Å². The Morgan fingerprint density at radius 2 is 2.08 bits per heavy atom. The van der Waals surface area contributed by atoms with Gasteiger partial charge in [-0.3, -0.25) is 14.9 Å². The maximum atomic E-state index is 12.3. The third-order valence-corrected chi connectivity index (χ3v) is 4.28. The van der Waals surface area contributed by atoms with Gasteiger partial charge < -0.3 is 0 Å². The predicted molar refractivity (Wildman–Crippen MR) is 90.9 cm³/mol. The molecule has 1 N–H and O–H groups in total. The summed E-state index contributed by atoms with van der Waals surface area (Å²) in [5.41, 5.74) is 0.153. The van der Waals surface area contributed by atoms with Gasteiger partial charge in [-0.15, -0.1) is 15.3 Å². The molecule has 0 aliphatic carbocycles. The largest absolute Gasteiger partial charge is 0.299 e. The Kier molecular flexibility index (Phi) is 4.90. The van der Waals surface area contributed by atoms with Crippen molar-refractivity contribution in [2.24, 2.45) is 0 Å². The van der Waals surface area contributed by atoms with Crippen molar-refractivity contribution in [3.05, 3.63) is 39.6 Å². The molecule has 24 heavy (non-hydrogen) atoms. The van der Waals surface area contributed by atoms with Crippen LogP contribution < -0.4 is 10.9 Å². The fraction of sp³-hybridized carbons (Fsp3) is 0.333. The van der Waals surface area contributed by atoms with E-state index >= 15 is 0 Å². The molecule has 3 rings (SSSR count). The summed E-state index contributed by atoms with van der Waals surface area (Å²) in [4.78, 5) is 24.4. The molecule has 2 heterocycles. The van der Waals surface area contributed by atoms with Crippen LogP contribution in [-0.4, -0.2) is 31.1 Å². The number of hydrogen-bond donors (Lipinski definition) is 1. The Morgan fingerprint density at radius 1 is 1.25 bits per heavy atom. The number of carbonyl (C=O) groups is 1. The number of fused-ring (bicyclic) bond motifs is 1. The van der Waals surface area contributed by atoms with E-state index in [0.29, 0.717) is 16.0 Å². The number of benzene rings is 1. The topological polar surface area (TPSA) is 103 Å². The third kappa shape index (κ3) is 3.62. The van der Waals surface area contributed by atoms with Crippen molar-refractivity contribution in [3.63, 3.8) is 0 Å². The molecule has 1 aromatic carbocycles. The smallest absolute Gasteiger partial charge is 0.278 e. The monoisotopic (exact) mass is 344 g/mol. The standard InChI is InChI=1S/C15H16N6O2S/c1-2-3-8-13-18-19-15(24-13)16-12(22)9-21-14(23)10-6-4-5-7-11(10)17-20-21/h4-7H,2-3,8-9H2,1H3,(H,16,19,22). The number of anilines is 1. The van der Waals surface area contributed by atoms with E-state index in [1.54, 1.807) is 24.3 Å². The molecule has 3 aromatic rings. The Morgan fingerprint density at radius 3 is 2.92 bits per heavy atom. The van der Waals surface area contributed by atoms with Gasteiger partial charge in [0.05, 0.1) is 5.39 Å². The normalized spacial score (nSPS) is 10.9. The van der Waals surface area contributed by atoms with E-state index < -0.39 is 0 Å². The maximum Gasteiger partial charge on any atom is 0.278 e. The van der Waals surface area contributed by atoms with Crippen LogP contribution in [0.4, 0.5) is 5.13 Å². The summed E-state index contributed by atoms with van der Waals surface area (Å²) in [6, 6.07) is 6.88. The molecule has 0 radical (unpaired) electrons. The molecular formula is C15H16N6O2S. The number of hydrogen-bond acceptors (Lipinski definition) is 7. The fourth-order valence-electron chi connectivity index (χ4n) is 2.15. The lowest BCUT2D eigenvalue weighted by Crippen LogP contribution is -2.30. The highest BCUT2D eigenvalue weighted by molar-refractivity contribution is 7.15. The van der Waals surface area contributed by atoms with Gasteiger partial charge in [-0.2, -0.15) is 0 Å². The third-order valence-electron chi connectivity index (χ3n) is 3.38. The Bertz CT molecular complexity index is 919. The molecule has 0 spiro atoms. The summed E-state index contributed by atoms with van der Waals surface area (Å²) in [5.74, 6) is -0.389. The minimum absolute atomic E-state index is 0.222. The molecule has 1 amide bonds. The lowest BCUT2D eigenvalue weighted by molar-refractivity contribution is -0.117. The van der Waals surface area contributed by atoms with Crippen molar-refractivity contribution >= 4 is 33.3 Å². The van der Waals surface area contributed by atoms with Crippen molar-refractivity contribution < 1.29 is 4.79 Å². The molecule has 124 valence electrons. The van der Waals surface area contributed by atoms with Gasteiger partial charge in [-0.05, 0) is 18.6 Å². The van der Waals surface area contributed by atoms with Crippen molar-refractivity contribution in [1.29, 1.82) is 0 Å². The zero-order chi connectivity index (χ0) is 16.9. The van der Waals surface area contributed by atoms with Gasteiger partial charge in [0.1, 0.15) is 17.1 Å². The minimum atomic E-state index is -0.389. The van der Waals surface area contributed by atoms with Gasteiger partial charge in [0.15, 0.2) is 0 Å². The van der Waals surface area contributed by atoms with Crippen molar-refractivity contribution in [3.8, 4) is 0 Å². The van der Waals surface area contributed by atoms with Crippen LogP contribution in [-0.2, 0) is 17.8 Å². The highest BCUT2D eigenvalue weighted by Gasteiger charge is 2.12. The highest BCUT2D eigenvalue weighted by Crippen LogP contribution is 2.17. The molecule has 0 atom stereocenters. The van der Waals surface area contributed by atoms with Crippen LogP contribution in [0.3, 0.4) is 0 Å². The van der Waals surface area contributed by atoms with E-state index in [0.717, 1.165) is 29.0 Å².